The van der Waals surface area contributed by atoms with Gasteiger partial charge in [0.05, 0.1) is 6.54 Å². The number of amides is 1. The maximum atomic E-state index is 12.8. The molecule has 4 rings (SSSR count). The van der Waals surface area contributed by atoms with Crippen LogP contribution in [0, 0.1) is 0 Å². The number of carbonyl (C=O) groups excluding carboxylic acids is 1. The summed E-state index contributed by atoms with van der Waals surface area (Å²) in [5.41, 5.74) is 2.13. The van der Waals surface area contributed by atoms with E-state index < -0.39 is 11.4 Å². The SMILES string of the molecule is CN(CC1(O)CCc2ccccc21)C(=O)c1ccc(-c2noc(=O)[nH]2)cc1. The van der Waals surface area contributed by atoms with E-state index in [0.29, 0.717) is 23.4 Å². The molecule has 1 amide bonds. The number of H-pyrrole nitrogens is 1. The summed E-state index contributed by atoms with van der Waals surface area (Å²) >= 11 is 0. The van der Waals surface area contributed by atoms with E-state index in [1.807, 2.05) is 24.3 Å². The minimum atomic E-state index is -1.03. The third kappa shape index (κ3) is 3.17. The van der Waals surface area contributed by atoms with Crippen molar-refractivity contribution in [2.45, 2.75) is 18.4 Å². The summed E-state index contributed by atoms with van der Waals surface area (Å²) in [6, 6.07) is 14.5. The van der Waals surface area contributed by atoms with Gasteiger partial charge in [0.25, 0.3) is 5.91 Å². The zero-order valence-corrected chi connectivity index (χ0v) is 14.8. The Kier molecular flexibility index (Phi) is 4.16. The van der Waals surface area contributed by atoms with Gasteiger partial charge in [0.15, 0.2) is 5.82 Å². The fraction of sp³-hybridized carbons (Fsp3) is 0.250. The van der Waals surface area contributed by atoms with E-state index in [1.54, 1.807) is 31.3 Å². The average molecular weight is 365 g/mol. The van der Waals surface area contributed by atoms with Crippen molar-refractivity contribution < 1.29 is 14.4 Å². The third-order valence-corrected chi connectivity index (χ3v) is 5.02. The Morgan fingerprint density at radius 1 is 1.26 bits per heavy atom. The monoisotopic (exact) mass is 365 g/mol. The summed E-state index contributed by atoms with van der Waals surface area (Å²) in [5, 5.41) is 14.7. The quantitative estimate of drug-likeness (QED) is 0.736. The summed E-state index contributed by atoms with van der Waals surface area (Å²) in [4.78, 5) is 27.8. The van der Waals surface area contributed by atoms with Gasteiger partial charge in [0.1, 0.15) is 5.60 Å². The van der Waals surface area contributed by atoms with E-state index in [9.17, 15) is 14.7 Å². The molecule has 2 N–H and O–H groups in total. The number of benzene rings is 2. The van der Waals surface area contributed by atoms with E-state index in [1.165, 1.54) is 4.90 Å². The van der Waals surface area contributed by atoms with Gasteiger partial charge in [-0.25, -0.2) is 4.79 Å². The molecule has 0 saturated heterocycles. The zero-order chi connectivity index (χ0) is 19.0. The molecule has 1 atom stereocenters. The molecule has 0 saturated carbocycles. The van der Waals surface area contributed by atoms with Crippen LogP contribution in [-0.4, -0.2) is 39.6 Å². The molecule has 138 valence electrons. The van der Waals surface area contributed by atoms with Gasteiger partial charge >= 0.3 is 5.76 Å². The molecule has 2 aromatic carbocycles. The van der Waals surface area contributed by atoms with Crippen molar-refractivity contribution in [2.75, 3.05) is 13.6 Å². The van der Waals surface area contributed by atoms with Crippen LogP contribution in [0.2, 0.25) is 0 Å². The molecular weight excluding hydrogens is 346 g/mol. The van der Waals surface area contributed by atoms with Gasteiger partial charge in [-0.15, -0.1) is 0 Å². The molecule has 0 radical (unpaired) electrons. The number of nitrogens with one attached hydrogen (secondary N) is 1. The number of aromatic nitrogens is 2. The van der Waals surface area contributed by atoms with Gasteiger partial charge in [0, 0.05) is 18.2 Å². The van der Waals surface area contributed by atoms with Crippen molar-refractivity contribution in [1.29, 1.82) is 0 Å². The Morgan fingerprint density at radius 2 is 2.00 bits per heavy atom. The van der Waals surface area contributed by atoms with Crippen molar-refractivity contribution in [1.82, 2.24) is 15.0 Å². The van der Waals surface area contributed by atoms with E-state index >= 15 is 0 Å². The number of fused-ring (bicyclic) bond motifs is 1. The van der Waals surface area contributed by atoms with Crippen molar-refractivity contribution in [2.24, 2.45) is 0 Å². The Morgan fingerprint density at radius 3 is 2.70 bits per heavy atom. The van der Waals surface area contributed by atoms with Crippen molar-refractivity contribution in [3.05, 3.63) is 75.8 Å². The summed E-state index contributed by atoms with van der Waals surface area (Å²) < 4.78 is 4.48. The Hall–Kier alpha value is -3.19. The van der Waals surface area contributed by atoms with Crippen molar-refractivity contribution in [3.8, 4) is 11.4 Å². The summed E-state index contributed by atoms with van der Waals surface area (Å²) in [7, 11) is 1.68. The second-order valence-electron chi connectivity index (χ2n) is 6.87. The summed E-state index contributed by atoms with van der Waals surface area (Å²) in [5.74, 6) is -0.507. The molecule has 3 aromatic rings. The van der Waals surface area contributed by atoms with Crippen LogP contribution in [0.15, 0.2) is 57.8 Å². The highest BCUT2D eigenvalue weighted by atomic mass is 16.5. The number of aliphatic hydroxyl groups is 1. The molecule has 1 unspecified atom stereocenters. The lowest BCUT2D eigenvalue weighted by Crippen LogP contribution is -2.40. The number of hydrogen-bond donors (Lipinski definition) is 2. The summed E-state index contributed by atoms with van der Waals surface area (Å²) in [6.07, 6.45) is 1.40. The predicted molar refractivity (Wildman–Crippen MR) is 98.2 cm³/mol. The fourth-order valence-corrected chi connectivity index (χ4v) is 3.64. The molecule has 0 fully saturated rings. The number of likely N-dealkylation sites (N-methyl/N-ethyl adjacent to an activating group) is 1. The standard InChI is InChI=1S/C20H19N3O4/c1-23(12-20(26)11-10-13-4-2-3-5-16(13)20)18(24)15-8-6-14(7-9-15)17-21-19(25)27-22-17/h2-9,26H,10-12H2,1H3,(H,21,22,25). The highest BCUT2D eigenvalue weighted by Gasteiger charge is 2.38. The lowest BCUT2D eigenvalue weighted by molar-refractivity contribution is 0.00806. The highest BCUT2D eigenvalue weighted by Crippen LogP contribution is 2.37. The van der Waals surface area contributed by atoms with Crippen LogP contribution in [0.25, 0.3) is 11.4 Å². The summed E-state index contributed by atoms with van der Waals surface area (Å²) in [6.45, 7) is 0.223. The number of carbonyl (C=O) groups is 1. The Labute approximate surface area is 155 Å². The Balaban J connectivity index is 1.50. The van der Waals surface area contributed by atoms with Gasteiger partial charge in [0.2, 0.25) is 0 Å². The molecule has 1 aromatic heterocycles. The predicted octanol–water partition coefficient (Wildman–Crippen LogP) is 1.94. The Bertz CT molecular complexity index is 1040. The van der Waals surface area contributed by atoms with Crippen LogP contribution < -0.4 is 5.76 Å². The topological polar surface area (TPSA) is 99.4 Å². The van der Waals surface area contributed by atoms with E-state index in [4.69, 9.17) is 0 Å². The average Bonchev–Trinajstić information content (AvgIpc) is 3.26. The second-order valence-corrected chi connectivity index (χ2v) is 6.87. The first-order chi connectivity index (χ1) is 13.0. The van der Waals surface area contributed by atoms with E-state index in [2.05, 4.69) is 14.7 Å². The van der Waals surface area contributed by atoms with Crippen LogP contribution in [0.1, 0.15) is 27.9 Å². The minimum absolute atomic E-state index is 0.187. The number of hydrogen-bond acceptors (Lipinski definition) is 5. The maximum absolute atomic E-state index is 12.8. The van der Waals surface area contributed by atoms with Gasteiger partial charge in [-0.05, 0) is 36.1 Å². The maximum Gasteiger partial charge on any atom is 0.439 e. The molecule has 0 bridgehead atoms. The normalized spacial score (nSPS) is 18.3. The first-order valence-corrected chi connectivity index (χ1v) is 8.69. The number of aryl methyl sites for hydroxylation is 1. The van der Waals surface area contributed by atoms with Crippen LogP contribution in [0.3, 0.4) is 0 Å². The molecular formula is C20H19N3O4. The van der Waals surface area contributed by atoms with Gasteiger partial charge < -0.3 is 10.0 Å². The molecule has 7 nitrogen and oxygen atoms in total. The molecule has 0 aliphatic heterocycles. The smallest absolute Gasteiger partial charge is 0.383 e. The first-order valence-electron chi connectivity index (χ1n) is 8.69. The van der Waals surface area contributed by atoms with E-state index in [0.717, 1.165) is 17.5 Å². The lowest BCUT2D eigenvalue weighted by Gasteiger charge is -2.30. The van der Waals surface area contributed by atoms with Crippen LogP contribution in [0.5, 0.6) is 0 Å². The van der Waals surface area contributed by atoms with Crippen LogP contribution in [0.4, 0.5) is 0 Å². The highest BCUT2D eigenvalue weighted by molar-refractivity contribution is 5.94. The molecule has 1 aliphatic rings. The van der Waals surface area contributed by atoms with Crippen LogP contribution >= 0.6 is 0 Å². The largest absolute Gasteiger partial charge is 0.439 e. The van der Waals surface area contributed by atoms with Crippen molar-refractivity contribution >= 4 is 5.91 Å². The van der Waals surface area contributed by atoms with Gasteiger partial charge in [-0.2, -0.15) is 0 Å². The molecule has 27 heavy (non-hydrogen) atoms. The fourth-order valence-electron chi connectivity index (χ4n) is 3.64. The molecule has 7 heteroatoms. The number of rotatable bonds is 4. The van der Waals surface area contributed by atoms with Gasteiger partial charge in [-0.1, -0.05) is 41.6 Å². The second kappa shape index (κ2) is 6.51. The molecule has 0 spiro atoms. The minimum Gasteiger partial charge on any atom is -0.383 e. The first kappa shape index (κ1) is 17.2. The molecule has 1 heterocycles. The third-order valence-electron chi connectivity index (χ3n) is 5.02. The van der Waals surface area contributed by atoms with E-state index in [-0.39, 0.29) is 12.5 Å². The lowest BCUT2D eigenvalue weighted by atomic mass is 9.95. The van der Waals surface area contributed by atoms with Crippen LogP contribution in [-0.2, 0) is 12.0 Å². The van der Waals surface area contributed by atoms with Gasteiger partial charge in [-0.3, -0.25) is 14.3 Å². The van der Waals surface area contributed by atoms with Crippen molar-refractivity contribution in [3.63, 3.8) is 0 Å². The zero-order valence-electron chi connectivity index (χ0n) is 14.8. The number of nitrogens with zero attached hydrogens (tertiary/aromatic N) is 2. The molecule has 1 aliphatic carbocycles. The number of aromatic amines is 1.